The average molecular weight is 381 g/mol. The Balaban J connectivity index is 2.09. The van der Waals surface area contributed by atoms with Crippen molar-refractivity contribution in [1.29, 1.82) is 0 Å². The average Bonchev–Trinajstić information content (AvgIpc) is 3.33. The summed E-state index contributed by atoms with van der Waals surface area (Å²) in [5.41, 5.74) is 1.14. The van der Waals surface area contributed by atoms with Gasteiger partial charge in [0.25, 0.3) is 5.91 Å². The summed E-state index contributed by atoms with van der Waals surface area (Å²) in [6, 6.07) is 0.0550. The van der Waals surface area contributed by atoms with Crippen molar-refractivity contribution >= 4 is 34.1 Å². The number of carbonyl (C=O) groups is 3. The van der Waals surface area contributed by atoms with Crippen LogP contribution in [0, 0.1) is 19.8 Å². The standard InChI is InChI=1S/C19H28N2O4S/c1-10(2)21(11(3)4)15(22)9-25-19(24)16-12(5)13(6)26-18(16)20-17(23)14-7-8-14/h10-11,14H,7-9H2,1-6H3,(H,20,23). The van der Waals surface area contributed by atoms with Crippen LogP contribution in [-0.2, 0) is 14.3 Å². The zero-order valence-electron chi connectivity index (χ0n) is 16.3. The maximum atomic E-state index is 12.6. The molecular weight excluding hydrogens is 352 g/mol. The Morgan fingerprint density at radius 1 is 1.15 bits per heavy atom. The molecule has 2 rings (SSSR count). The van der Waals surface area contributed by atoms with Gasteiger partial charge in [-0.15, -0.1) is 11.3 Å². The highest BCUT2D eigenvalue weighted by atomic mass is 32.1. The van der Waals surface area contributed by atoms with E-state index in [-0.39, 0.29) is 36.4 Å². The van der Waals surface area contributed by atoms with Crippen molar-refractivity contribution in [3.63, 3.8) is 0 Å². The number of hydrogen-bond acceptors (Lipinski definition) is 5. The van der Waals surface area contributed by atoms with Gasteiger partial charge in [0.05, 0.1) is 5.56 Å². The molecule has 0 atom stereocenters. The molecule has 2 amide bonds. The molecule has 6 nitrogen and oxygen atoms in total. The van der Waals surface area contributed by atoms with E-state index in [4.69, 9.17) is 4.74 Å². The van der Waals surface area contributed by atoms with E-state index in [0.29, 0.717) is 10.6 Å². The van der Waals surface area contributed by atoms with Gasteiger partial charge in [0, 0.05) is 22.9 Å². The Kier molecular flexibility index (Phi) is 6.44. The number of ether oxygens (including phenoxy) is 1. The second kappa shape index (κ2) is 8.20. The van der Waals surface area contributed by atoms with E-state index in [1.165, 1.54) is 11.3 Å². The van der Waals surface area contributed by atoms with Crippen molar-refractivity contribution < 1.29 is 19.1 Å². The molecule has 1 aliphatic carbocycles. The zero-order chi connectivity index (χ0) is 19.6. The molecule has 0 saturated heterocycles. The lowest BCUT2D eigenvalue weighted by Gasteiger charge is -2.30. The van der Waals surface area contributed by atoms with Gasteiger partial charge >= 0.3 is 5.97 Å². The number of nitrogens with one attached hydrogen (secondary N) is 1. The molecule has 1 aliphatic rings. The number of esters is 1. The van der Waals surface area contributed by atoms with Crippen LogP contribution in [0.25, 0.3) is 0 Å². The fraction of sp³-hybridized carbons (Fsp3) is 0.632. The van der Waals surface area contributed by atoms with Gasteiger partial charge in [0.2, 0.25) is 5.91 Å². The molecule has 0 unspecified atom stereocenters. The molecule has 7 heteroatoms. The minimum atomic E-state index is -0.571. The molecule has 0 spiro atoms. The first-order valence-electron chi connectivity index (χ1n) is 9.02. The van der Waals surface area contributed by atoms with Gasteiger partial charge in [-0.1, -0.05) is 0 Å². The number of thiophene rings is 1. The number of carbonyl (C=O) groups excluding carboxylic acids is 3. The first-order chi connectivity index (χ1) is 12.1. The quantitative estimate of drug-likeness (QED) is 0.735. The highest BCUT2D eigenvalue weighted by molar-refractivity contribution is 7.16. The van der Waals surface area contributed by atoms with Gasteiger partial charge in [0.15, 0.2) is 6.61 Å². The number of rotatable bonds is 7. The first-order valence-corrected chi connectivity index (χ1v) is 9.84. The molecule has 1 fully saturated rings. The molecule has 1 N–H and O–H groups in total. The predicted molar refractivity (Wildman–Crippen MR) is 103 cm³/mol. The van der Waals surface area contributed by atoms with Crippen molar-refractivity contribution in [3.05, 3.63) is 16.0 Å². The van der Waals surface area contributed by atoms with Crippen molar-refractivity contribution in [2.45, 2.75) is 66.5 Å². The Morgan fingerprint density at radius 2 is 1.73 bits per heavy atom. The van der Waals surface area contributed by atoms with Crippen LogP contribution in [0.15, 0.2) is 0 Å². The van der Waals surface area contributed by atoms with Gasteiger partial charge in [0.1, 0.15) is 5.00 Å². The van der Waals surface area contributed by atoms with Crippen LogP contribution in [0.5, 0.6) is 0 Å². The molecule has 0 bridgehead atoms. The summed E-state index contributed by atoms with van der Waals surface area (Å²) in [5.74, 6) is -0.800. The van der Waals surface area contributed by atoms with Crippen LogP contribution in [0.1, 0.15) is 61.3 Å². The number of amides is 2. The minimum absolute atomic E-state index is 0.0275. The van der Waals surface area contributed by atoms with Crippen LogP contribution >= 0.6 is 11.3 Å². The van der Waals surface area contributed by atoms with Crippen molar-refractivity contribution in [3.8, 4) is 0 Å². The van der Waals surface area contributed by atoms with Crippen molar-refractivity contribution in [2.24, 2.45) is 5.92 Å². The Labute approximate surface area is 158 Å². The van der Waals surface area contributed by atoms with Gasteiger partial charge in [-0.25, -0.2) is 4.79 Å². The van der Waals surface area contributed by atoms with Gasteiger partial charge in [-0.2, -0.15) is 0 Å². The normalized spacial score (nSPS) is 13.8. The molecule has 1 aromatic heterocycles. The summed E-state index contributed by atoms with van der Waals surface area (Å²) < 4.78 is 5.29. The largest absolute Gasteiger partial charge is 0.452 e. The van der Waals surface area contributed by atoms with Gasteiger partial charge in [-0.3, -0.25) is 9.59 Å². The lowest BCUT2D eigenvalue weighted by Crippen LogP contribution is -2.44. The maximum Gasteiger partial charge on any atom is 0.341 e. The summed E-state index contributed by atoms with van der Waals surface area (Å²) in [5, 5.41) is 3.36. The van der Waals surface area contributed by atoms with E-state index >= 15 is 0 Å². The predicted octanol–water partition coefficient (Wildman–Crippen LogP) is 3.52. The smallest absolute Gasteiger partial charge is 0.341 e. The lowest BCUT2D eigenvalue weighted by atomic mass is 10.1. The van der Waals surface area contributed by atoms with Crippen molar-refractivity contribution in [1.82, 2.24) is 4.90 Å². The third-order valence-corrected chi connectivity index (χ3v) is 5.62. The Bertz CT molecular complexity index is 697. The molecule has 1 saturated carbocycles. The molecule has 144 valence electrons. The number of anilines is 1. The maximum absolute atomic E-state index is 12.6. The molecule has 0 radical (unpaired) electrons. The summed E-state index contributed by atoms with van der Waals surface area (Å²) in [6.07, 6.45) is 1.79. The van der Waals surface area contributed by atoms with Crippen LogP contribution in [-0.4, -0.2) is 41.4 Å². The van der Waals surface area contributed by atoms with Crippen LogP contribution in [0.3, 0.4) is 0 Å². The number of aryl methyl sites for hydroxylation is 1. The van der Waals surface area contributed by atoms with Gasteiger partial charge < -0.3 is 15.0 Å². The second-order valence-electron chi connectivity index (χ2n) is 7.32. The molecule has 0 aromatic carbocycles. The third kappa shape index (κ3) is 4.63. The van der Waals surface area contributed by atoms with E-state index in [0.717, 1.165) is 23.3 Å². The van der Waals surface area contributed by atoms with E-state index in [1.807, 2.05) is 41.5 Å². The van der Waals surface area contributed by atoms with E-state index in [9.17, 15) is 14.4 Å². The van der Waals surface area contributed by atoms with Crippen LogP contribution in [0.2, 0.25) is 0 Å². The topological polar surface area (TPSA) is 75.7 Å². The summed E-state index contributed by atoms with van der Waals surface area (Å²) in [4.78, 5) is 39.7. The molecule has 26 heavy (non-hydrogen) atoms. The van der Waals surface area contributed by atoms with E-state index < -0.39 is 5.97 Å². The number of nitrogens with zero attached hydrogens (tertiary/aromatic N) is 1. The summed E-state index contributed by atoms with van der Waals surface area (Å²) >= 11 is 1.37. The fourth-order valence-corrected chi connectivity index (χ4v) is 4.02. The highest BCUT2D eigenvalue weighted by Gasteiger charge is 2.32. The molecule has 0 aliphatic heterocycles. The van der Waals surface area contributed by atoms with E-state index in [2.05, 4.69) is 5.32 Å². The number of hydrogen-bond donors (Lipinski definition) is 1. The molecule has 1 aromatic rings. The Morgan fingerprint density at radius 3 is 2.23 bits per heavy atom. The molecule has 1 heterocycles. The van der Waals surface area contributed by atoms with Crippen LogP contribution < -0.4 is 5.32 Å². The third-order valence-electron chi connectivity index (χ3n) is 4.50. The van der Waals surface area contributed by atoms with Gasteiger partial charge in [-0.05, 0) is 59.9 Å². The highest BCUT2D eigenvalue weighted by Crippen LogP contribution is 2.36. The second-order valence-corrected chi connectivity index (χ2v) is 8.54. The molecular formula is C19H28N2O4S. The first kappa shape index (κ1) is 20.4. The minimum Gasteiger partial charge on any atom is -0.452 e. The lowest BCUT2D eigenvalue weighted by molar-refractivity contribution is -0.138. The zero-order valence-corrected chi connectivity index (χ0v) is 17.2. The summed E-state index contributed by atoms with van der Waals surface area (Å²) in [6.45, 7) is 11.1. The monoisotopic (exact) mass is 380 g/mol. The Hall–Kier alpha value is -1.89. The van der Waals surface area contributed by atoms with E-state index in [1.54, 1.807) is 4.90 Å². The fourth-order valence-electron chi connectivity index (χ4n) is 2.97. The summed E-state index contributed by atoms with van der Waals surface area (Å²) in [7, 11) is 0. The SMILES string of the molecule is Cc1sc(NC(=O)C2CC2)c(C(=O)OCC(=O)N(C(C)C)C(C)C)c1C. The van der Waals surface area contributed by atoms with Crippen molar-refractivity contribution in [2.75, 3.05) is 11.9 Å². The van der Waals surface area contributed by atoms with Crippen LogP contribution in [0.4, 0.5) is 5.00 Å².